The second-order valence-corrected chi connectivity index (χ2v) is 11.6. The molecule has 13 nitrogen and oxygen atoms in total. The third kappa shape index (κ3) is 6.65. The van der Waals surface area contributed by atoms with Crippen LogP contribution in [0.15, 0.2) is 66.1 Å². The van der Waals surface area contributed by atoms with Gasteiger partial charge in [0.05, 0.1) is 53.2 Å². The van der Waals surface area contributed by atoms with Crippen LogP contribution in [-0.4, -0.2) is 56.3 Å². The van der Waals surface area contributed by atoms with Crippen molar-refractivity contribution in [1.29, 1.82) is 0 Å². The number of benzene rings is 1. The number of carboxylic acid groups (broad SMARTS) is 1. The van der Waals surface area contributed by atoms with Gasteiger partial charge in [0.25, 0.3) is 12.0 Å². The summed E-state index contributed by atoms with van der Waals surface area (Å²) in [5, 5.41) is 24.3. The van der Waals surface area contributed by atoms with Crippen molar-refractivity contribution in [3.63, 3.8) is 0 Å². The molecule has 0 fully saturated rings. The molecule has 5 aromatic rings. The number of halogens is 3. The number of carbonyl (C=O) groups excluding carboxylic acids is 1. The van der Waals surface area contributed by atoms with E-state index in [0.29, 0.717) is 64.6 Å². The zero-order valence-electron chi connectivity index (χ0n) is 24.9. The molecule has 1 aliphatic heterocycles. The highest BCUT2D eigenvalue weighted by atomic mass is 35.5. The smallest absolute Gasteiger partial charge is 0.325 e. The Morgan fingerprint density at radius 2 is 1.94 bits per heavy atom. The lowest BCUT2D eigenvalue weighted by atomic mass is 9.99. The first-order valence-corrected chi connectivity index (χ1v) is 15.1. The molecule has 0 saturated heterocycles. The van der Waals surface area contributed by atoms with E-state index in [1.807, 2.05) is 6.92 Å². The lowest BCUT2D eigenvalue weighted by molar-refractivity contribution is -0.137. The molecule has 242 valence electrons. The van der Waals surface area contributed by atoms with Crippen LogP contribution in [0.4, 0.5) is 14.5 Å². The van der Waals surface area contributed by atoms with Gasteiger partial charge in [-0.05, 0) is 43.2 Å². The third-order valence-corrected chi connectivity index (χ3v) is 8.21. The normalized spacial score (nSPS) is 16.9. The number of amides is 1. The molecule has 2 N–H and O–H groups in total. The maximum atomic E-state index is 13.8. The van der Waals surface area contributed by atoms with Crippen molar-refractivity contribution in [1.82, 2.24) is 39.3 Å². The Balaban J connectivity index is 1.42. The van der Waals surface area contributed by atoms with Crippen molar-refractivity contribution in [3.05, 3.63) is 88.1 Å². The van der Waals surface area contributed by atoms with E-state index in [4.69, 9.17) is 11.6 Å². The molecular formula is C31H28ClF2N9O4. The molecule has 0 aliphatic carbocycles. The molecule has 1 aromatic carbocycles. The van der Waals surface area contributed by atoms with Crippen LogP contribution < -0.4 is 10.9 Å². The Hall–Kier alpha value is -5.31. The molecule has 0 unspecified atom stereocenters. The number of carbonyl (C=O) groups is 2. The fourth-order valence-electron chi connectivity index (χ4n) is 5.61. The number of carboxylic acids is 1. The van der Waals surface area contributed by atoms with Crippen molar-refractivity contribution in [2.75, 3.05) is 5.32 Å². The summed E-state index contributed by atoms with van der Waals surface area (Å²) in [6.07, 6.45) is 5.10. The molecule has 2 atom stereocenters. The molecule has 0 saturated carbocycles. The summed E-state index contributed by atoms with van der Waals surface area (Å²) in [5.41, 5.74) is 1.90. The molecule has 6 rings (SSSR count). The van der Waals surface area contributed by atoms with Gasteiger partial charge in [-0.2, -0.15) is 5.10 Å². The Morgan fingerprint density at radius 3 is 2.68 bits per heavy atom. The molecule has 47 heavy (non-hydrogen) atoms. The van der Waals surface area contributed by atoms with Crippen LogP contribution in [0.1, 0.15) is 56.5 Å². The van der Waals surface area contributed by atoms with Gasteiger partial charge >= 0.3 is 5.97 Å². The number of alkyl halides is 2. The standard InChI is InChI=1S/C31H28ClF2N9O4/c1-17-4-2-3-5-26(22-10-18(8-9-35-22)29-23(38-31(17)47)13-37-43(29)15-28(45)46)41-16-36-21(12-27(41)44)20-11-19(32)6-7-25(20)42-14-24(30(33)34)39-40-42/h6-14,16-17,26,30H,2-5,15H2,1H3,(H,38,47)(H,45,46)/t17-,26+/m1/s1. The van der Waals surface area contributed by atoms with Gasteiger partial charge < -0.3 is 10.4 Å². The van der Waals surface area contributed by atoms with Gasteiger partial charge in [-0.1, -0.05) is 36.6 Å². The topological polar surface area (TPSA) is 163 Å². The number of hydrogen-bond acceptors (Lipinski definition) is 8. The Labute approximate surface area is 270 Å². The number of nitrogens with zero attached hydrogens (tertiary/aromatic N) is 8. The fourth-order valence-corrected chi connectivity index (χ4v) is 5.78. The van der Waals surface area contributed by atoms with Crippen molar-refractivity contribution in [3.8, 4) is 28.2 Å². The van der Waals surface area contributed by atoms with E-state index in [1.54, 1.807) is 36.5 Å². The van der Waals surface area contributed by atoms with Gasteiger partial charge in [0.15, 0.2) is 0 Å². The zero-order chi connectivity index (χ0) is 33.2. The van der Waals surface area contributed by atoms with E-state index in [2.05, 4.69) is 30.7 Å². The molecule has 16 heteroatoms. The Bertz CT molecular complexity index is 2030. The minimum absolute atomic E-state index is 0.209. The van der Waals surface area contributed by atoms with E-state index in [-0.39, 0.29) is 17.5 Å². The van der Waals surface area contributed by atoms with E-state index >= 15 is 0 Å². The van der Waals surface area contributed by atoms with Gasteiger partial charge in [-0.15, -0.1) is 5.10 Å². The van der Waals surface area contributed by atoms with Gasteiger partial charge in [-0.3, -0.25) is 28.6 Å². The number of nitrogens with one attached hydrogen (secondary N) is 1. The van der Waals surface area contributed by atoms with E-state index < -0.39 is 36.2 Å². The summed E-state index contributed by atoms with van der Waals surface area (Å²) in [7, 11) is 0. The lowest BCUT2D eigenvalue weighted by Crippen LogP contribution is -2.26. The molecule has 1 aliphatic rings. The van der Waals surface area contributed by atoms with Crippen LogP contribution in [0, 0.1) is 5.92 Å². The molecule has 5 heterocycles. The third-order valence-electron chi connectivity index (χ3n) is 7.98. The highest BCUT2D eigenvalue weighted by Gasteiger charge is 2.25. The molecule has 4 aromatic heterocycles. The largest absolute Gasteiger partial charge is 0.480 e. The number of hydrogen-bond donors (Lipinski definition) is 2. The number of rotatable bonds is 6. The molecule has 0 spiro atoms. The van der Waals surface area contributed by atoms with E-state index in [9.17, 15) is 28.3 Å². The molecule has 1 amide bonds. The predicted octanol–water partition coefficient (Wildman–Crippen LogP) is 5.16. The summed E-state index contributed by atoms with van der Waals surface area (Å²) in [4.78, 5) is 47.6. The van der Waals surface area contributed by atoms with Crippen LogP contribution in [-0.2, 0) is 16.1 Å². The average molecular weight is 664 g/mol. The minimum Gasteiger partial charge on any atom is -0.480 e. The highest BCUT2D eigenvalue weighted by Crippen LogP contribution is 2.33. The van der Waals surface area contributed by atoms with E-state index in [1.165, 1.54) is 32.5 Å². The van der Waals surface area contributed by atoms with Crippen molar-refractivity contribution in [2.45, 2.75) is 51.6 Å². The van der Waals surface area contributed by atoms with Gasteiger partial charge in [0.1, 0.15) is 12.2 Å². The molecule has 0 radical (unpaired) electrons. The van der Waals surface area contributed by atoms with Crippen molar-refractivity contribution >= 4 is 29.2 Å². The summed E-state index contributed by atoms with van der Waals surface area (Å²) >= 11 is 6.28. The average Bonchev–Trinajstić information content (AvgIpc) is 3.68. The van der Waals surface area contributed by atoms with Gasteiger partial charge in [0.2, 0.25) is 5.91 Å². The van der Waals surface area contributed by atoms with Gasteiger partial charge in [0, 0.05) is 34.3 Å². The summed E-state index contributed by atoms with van der Waals surface area (Å²) in [6, 6.07) is 8.89. The number of aromatic nitrogens is 8. The highest BCUT2D eigenvalue weighted by molar-refractivity contribution is 6.31. The number of anilines is 1. The second-order valence-electron chi connectivity index (χ2n) is 11.2. The van der Waals surface area contributed by atoms with Crippen LogP contribution in [0.25, 0.3) is 28.2 Å². The maximum absolute atomic E-state index is 13.8. The summed E-state index contributed by atoms with van der Waals surface area (Å²) in [6.45, 7) is 1.39. The zero-order valence-corrected chi connectivity index (χ0v) is 25.7. The Kier molecular flexibility index (Phi) is 8.89. The first kappa shape index (κ1) is 31.7. The number of pyridine rings is 1. The summed E-state index contributed by atoms with van der Waals surface area (Å²) in [5.74, 6) is -1.65. The summed E-state index contributed by atoms with van der Waals surface area (Å²) < 4.78 is 30.4. The quantitative estimate of drug-likeness (QED) is 0.250. The minimum atomic E-state index is -2.81. The molecular weight excluding hydrogens is 636 g/mol. The van der Waals surface area contributed by atoms with Crippen LogP contribution in [0.5, 0.6) is 0 Å². The monoisotopic (exact) mass is 663 g/mol. The van der Waals surface area contributed by atoms with Gasteiger partial charge in [-0.25, -0.2) is 18.4 Å². The number of aliphatic carboxylic acids is 1. The van der Waals surface area contributed by atoms with Crippen LogP contribution in [0.3, 0.4) is 0 Å². The van der Waals surface area contributed by atoms with Crippen LogP contribution >= 0.6 is 11.6 Å². The second kappa shape index (κ2) is 13.2. The number of fused-ring (bicyclic) bond motifs is 4. The lowest BCUT2D eigenvalue weighted by Gasteiger charge is -2.20. The fraction of sp³-hybridized carbons (Fsp3) is 0.290. The first-order chi connectivity index (χ1) is 22.6. The van der Waals surface area contributed by atoms with Crippen molar-refractivity contribution < 1.29 is 23.5 Å². The van der Waals surface area contributed by atoms with E-state index in [0.717, 1.165) is 6.20 Å². The SMILES string of the molecule is C[C@@H]1CCCC[C@H](n2cnc(-c3cc(Cl)ccc3-n3cc(C(F)F)nn3)cc2=O)c2cc(ccn2)-c2c(cnn2CC(=O)O)NC1=O. The Morgan fingerprint density at radius 1 is 1.13 bits per heavy atom. The maximum Gasteiger partial charge on any atom is 0.325 e. The van der Waals surface area contributed by atoms with Crippen molar-refractivity contribution in [2.24, 2.45) is 5.92 Å². The predicted molar refractivity (Wildman–Crippen MR) is 166 cm³/mol. The molecule has 2 bridgehead atoms. The first-order valence-electron chi connectivity index (χ1n) is 14.7. The van der Waals surface area contributed by atoms with Crippen LogP contribution in [0.2, 0.25) is 5.02 Å².